The van der Waals surface area contributed by atoms with Crippen molar-refractivity contribution >= 4 is 11.5 Å². The summed E-state index contributed by atoms with van der Waals surface area (Å²) in [6, 6.07) is 0. The fraction of sp³-hybridized carbons (Fsp3) is 0.786. The Morgan fingerprint density at radius 2 is 2.05 bits per heavy atom. The van der Waals surface area contributed by atoms with Gasteiger partial charge in [-0.05, 0) is 18.8 Å². The molecule has 0 radical (unpaired) electrons. The molecule has 0 aromatic carbocycles. The summed E-state index contributed by atoms with van der Waals surface area (Å²) in [7, 11) is 1.73. The number of nitro groups is 1. The van der Waals surface area contributed by atoms with Crippen LogP contribution in [0.2, 0.25) is 0 Å². The van der Waals surface area contributed by atoms with Gasteiger partial charge in [0.2, 0.25) is 5.82 Å². The molecular formula is C14H26N4O2. The molecule has 1 rings (SSSR count). The standard InChI is InChI=1S/C14H26N4O2/c1-6-7-8-9-14(3,4)10-15-13-12(18(19)20)11(2)16-17(13)5/h15H,6-10H2,1-5H3. The molecule has 1 aromatic heterocycles. The predicted octanol–water partition coefficient (Wildman–Crippen LogP) is 3.66. The molecule has 0 unspecified atom stereocenters. The van der Waals surface area contributed by atoms with Crippen molar-refractivity contribution in [3.05, 3.63) is 15.8 Å². The van der Waals surface area contributed by atoms with Crippen LogP contribution in [0.15, 0.2) is 0 Å². The summed E-state index contributed by atoms with van der Waals surface area (Å²) < 4.78 is 1.55. The monoisotopic (exact) mass is 282 g/mol. The van der Waals surface area contributed by atoms with Crippen LogP contribution in [0.25, 0.3) is 0 Å². The third kappa shape index (κ3) is 4.21. The highest BCUT2D eigenvalue weighted by Gasteiger charge is 2.26. The second kappa shape index (κ2) is 6.72. The number of aromatic nitrogens is 2. The Morgan fingerprint density at radius 1 is 1.40 bits per heavy atom. The van der Waals surface area contributed by atoms with E-state index in [1.807, 2.05) is 0 Å². The average molecular weight is 282 g/mol. The number of hydrogen-bond donors (Lipinski definition) is 1. The van der Waals surface area contributed by atoms with Crippen LogP contribution in [0, 0.1) is 22.5 Å². The molecule has 0 saturated carbocycles. The van der Waals surface area contributed by atoms with Gasteiger partial charge < -0.3 is 5.32 Å². The lowest BCUT2D eigenvalue weighted by molar-refractivity contribution is -0.384. The largest absolute Gasteiger partial charge is 0.364 e. The van der Waals surface area contributed by atoms with Crippen molar-refractivity contribution in [1.82, 2.24) is 9.78 Å². The van der Waals surface area contributed by atoms with Gasteiger partial charge in [-0.25, -0.2) is 4.68 Å². The quantitative estimate of drug-likeness (QED) is 0.448. The van der Waals surface area contributed by atoms with Gasteiger partial charge in [-0.3, -0.25) is 10.1 Å². The fourth-order valence-electron chi connectivity index (χ4n) is 2.33. The van der Waals surface area contributed by atoms with Gasteiger partial charge in [0.15, 0.2) is 0 Å². The molecule has 114 valence electrons. The molecule has 0 saturated heterocycles. The maximum Gasteiger partial charge on any atom is 0.333 e. The SMILES string of the molecule is CCCCCC(C)(C)CNc1c([N+](=O)[O-])c(C)nn1C. The van der Waals surface area contributed by atoms with E-state index in [-0.39, 0.29) is 16.0 Å². The predicted molar refractivity (Wildman–Crippen MR) is 81.0 cm³/mol. The number of nitrogens with one attached hydrogen (secondary N) is 1. The van der Waals surface area contributed by atoms with Gasteiger partial charge in [-0.15, -0.1) is 0 Å². The number of hydrogen-bond acceptors (Lipinski definition) is 4. The average Bonchev–Trinajstić information content (AvgIpc) is 2.61. The van der Waals surface area contributed by atoms with Crippen LogP contribution in [-0.2, 0) is 7.05 Å². The molecule has 0 aliphatic carbocycles. The highest BCUT2D eigenvalue weighted by Crippen LogP contribution is 2.30. The molecule has 1 aromatic rings. The molecule has 0 aliphatic heterocycles. The van der Waals surface area contributed by atoms with Gasteiger partial charge in [0.1, 0.15) is 5.69 Å². The van der Waals surface area contributed by atoms with Gasteiger partial charge in [-0.1, -0.05) is 40.0 Å². The Labute approximate surface area is 120 Å². The van der Waals surface area contributed by atoms with E-state index in [2.05, 4.69) is 31.2 Å². The third-order valence-corrected chi connectivity index (χ3v) is 3.56. The Bertz CT molecular complexity index is 466. The van der Waals surface area contributed by atoms with Crippen LogP contribution in [0.3, 0.4) is 0 Å². The van der Waals surface area contributed by atoms with Gasteiger partial charge in [-0.2, -0.15) is 5.10 Å². The number of unbranched alkanes of at least 4 members (excludes halogenated alkanes) is 2. The second-order valence-electron chi connectivity index (χ2n) is 6.14. The number of rotatable bonds is 8. The summed E-state index contributed by atoms with van der Waals surface area (Å²) in [5.74, 6) is 0.496. The van der Waals surface area contributed by atoms with E-state index in [1.54, 1.807) is 18.7 Å². The Kier molecular flexibility index (Phi) is 5.53. The minimum Gasteiger partial charge on any atom is -0.364 e. The second-order valence-corrected chi connectivity index (χ2v) is 6.14. The molecular weight excluding hydrogens is 256 g/mol. The van der Waals surface area contributed by atoms with E-state index in [0.29, 0.717) is 18.1 Å². The van der Waals surface area contributed by atoms with E-state index < -0.39 is 0 Å². The van der Waals surface area contributed by atoms with Crippen molar-refractivity contribution in [2.45, 2.75) is 53.4 Å². The van der Waals surface area contributed by atoms with E-state index in [1.165, 1.54) is 19.3 Å². The van der Waals surface area contributed by atoms with Crippen LogP contribution in [0.1, 0.15) is 52.1 Å². The van der Waals surface area contributed by atoms with Gasteiger partial charge in [0.05, 0.1) is 4.92 Å². The molecule has 0 bridgehead atoms. The normalized spacial score (nSPS) is 11.7. The van der Waals surface area contributed by atoms with Crippen molar-refractivity contribution in [1.29, 1.82) is 0 Å². The molecule has 20 heavy (non-hydrogen) atoms. The smallest absolute Gasteiger partial charge is 0.333 e. The first-order valence-corrected chi connectivity index (χ1v) is 7.20. The number of aryl methyl sites for hydroxylation is 2. The van der Waals surface area contributed by atoms with Gasteiger partial charge in [0, 0.05) is 13.6 Å². The van der Waals surface area contributed by atoms with Crippen molar-refractivity contribution < 1.29 is 4.92 Å². The Morgan fingerprint density at radius 3 is 2.60 bits per heavy atom. The number of anilines is 1. The van der Waals surface area contributed by atoms with Crippen LogP contribution in [0.5, 0.6) is 0 Å². The van der Waals surface area contributed by atoms with Gasteiger partial charge >= 0.3 is 5.69 Å². The van der Waals surface area contributed by atoms with E-state index in [9.17, 15) is 10.1 Å². The summed E-state index contributed by atoms with van der Waals surface area (Å²) in [5.41, 5.74) is 0.641. The molecule has 0 amide bonds. The summed E-state index contributed by atoms with van der Waals surface area (Å²) in [5, 5.41) is 18.4. The highest BCUT2D eigenvalue weighted by molar-refractivity contribution is 5.59. The fourth-order valence-corrected chi connectivity index (χ4v) is 2.33. The maximum atomic E-state index is 11.1. The zero-order valence-corrected chi connectivity index (χ0v) is 13.2. The molecule has 6 heteroatoms. The lowest BCUT2D eigenvalue weighted by atomic mass is 9.87. The molecule has 0 atom stereocenters. The highest BCUT2D eigenvalue weighted by atomic mass is 16.6. The summed E-state index contributed by atoms with van der Waals surface area (Å²) in [6.45, 7) is 8.93. The minimum absolute atomic E-state index is 0.0804. The minimum atomic E-state index is -0.366. The third-order valence-electron chi connectivity index (χ3n) is 3.56. The van der Waals surface area contributed by atoms with Crippen molar-refractivity contribution in [2.24, 2.45) is 12.5 Å². The van der Waals surface area contributed by atoms with Crippen LogP contribution < -0.4 is 5.32 Å². The summed E-state index contributed by atoms with van der Waals surface area (Å²) in [6.07, 6.45) is 4.74. The lowest BCUT2D eigenvalue weighted by Crippen LogP contribution is -2.24. The Balaban J connectivity index is 2.72. The number of nitrogens with zero attached hydrogens (tertiary/aromatic N) is 3. The molecule has 1 heterocycles. The molecule has 0 spiro atoms. The van der Waals surface area contributed by atoms with Crippen molar-refractivity contribution in [3.63, 3.8) is 0 Å². The van der Waals surface area contributed by atoms with E-state index in [0.717, 1.165) is 6.42 Å². The van der Waals surface area contributed by atoms with Crippen LogP contribution >= 0.6 is 0 Å². The molecule has 6 nitrogen and oxygen atoms in total. The van der Waals surface area contributed by atoms with E-state index in [4.69, 9.17) is 0 Å². The molecule has 1 N–H and O–H groups in total. The topological polar surface area (TPSA) is 73.0 Å². The Hall–Kier alpha value is -1.59. The maximum absolute atomic E-state index is 11.1. The molecule has 0 aliphatic rings. The zero-order chi connectivity index (χ0) is 15.3. The van der Waals surface area contributed by atoms with Crippen molar-refractivity contribution in [3.8, 4) is 0 Å². The molecule has 0 fully saturated rings. The summed E-state index contributed by atoms with van der Waals surface area (Å²) in [4.78, 5) is 10.7. The summed E-state index contributed by atoms with van der Waals surface area (Å²) >= 11 is 0. The first-order chi connectivity index (χ1) is 9.28. The van der Waals surface area contributed by atoms with Crippen LogP contribution in [0.4, 0.5) is 11.5 Å². The first-order valence-electron chi connectivity index (χ1n) is 7.20. The van der Waals surface area contributed by atoms with Gasteiger partial charge in [0.25, 0.3) is 0 Å². The van der Waals surface area contributed by atoms with E-state index >= 15 is 0 Å². The van der Waals surface area contributed by atoms with Crippen LogP contribution in [-0.4, -0.2) is 21.2 Å². The zero-order valence-electron chi connectivity index (χ0n) is 13.2. The lowest BCUT2D eigenvalue weighted by Gasteiger charge is -2.25. The van der Waals surface area contributed by atoms with Crippen molar-refractivity contribution in [2.75, 3.05) is 11.9 Å². The first kappa shape index (κ1) is 16.5.